The van der Waals surface area contributed by atoms with E-state index in [0.717, 1.165) is 30.9 Å². The van der Waals surface area contributed by atoms with E-state index in [2.05, 4.69) is 12.2 Å². The minimum absolute atomic E-state index is 0.118. The fourth-order valence-corrected chi connectivity index (χ4v) is 1.76. The molecule has 21 heavy (non-hydrogen) atoms. The maximum atomic E-state index is 11.8. The van der Waals surface area contributed by atoms with Crippen molar-refractivity contribution in [1.82, 2.24) is 10.2 Å². The molecule has 0 saturated carbocycles. The lowest BCUT2D eigenvalue weighted by atomic mass is 10.3. The lowest BCUT2D eigenvalue weighted by molar-refractivity contribution is -0.129. The number of carbonyl (C=O) groups excluding carboxylic acids is 1. The Bertz CT molecular complexity index is 406. The van der Waals surface area contributed by atoms with E-state index in [0.29, 0.717) is 19.7 Å². The van der Waals surface area contributed by atoms with E-state index in [-0.39, 0.29) is 5.91 Å². The molecule has 0 saturated heterocycles. The molecule has 5 heteroatoms. The summed E-state index contributed by atoms with van der Waals surface area (Å²) < 4.78 is 10.6. The SMILES string of the molecule is CCCCN(C)C(=O)CNCCOc1ccc(OC)cc1. The largest absolute Gasteiger partial charge is 0.497 e. The summed E-state index contributed by atoms with van der Waals surface area (Å²) in [5.41, 5.74) is 0. The van der Waals surface area contributed by atoms with Crippen molar-refractivity contribution >= 4 is 5.91 Å². The third kappa shape index (κ3) is 6.99. The predicted octanol–water partition coefficient (Wildman–Crippen LogP) is 1.92. The van der Waals surface area contributed by atoms with E-state index in [1.807, 2.05) is 31.3 Å². The quantitative estimate of drug-likeness (QED) is 0.670. The number of amides is 1. The minimum atomic E-state index is 0.118. The van der Waals surface area contributed by atoms with E-state index < -0.39 is 0 Å². The molecule has 0 aliphatic heterocycles. The number of ether oxygens (including phenoxy) is 2. The molecule has 0 heterocycles. The van der Waals surface area contributed by atoms with E-state index in [4.69, 9.17) is 9.47 Å². The van der Waals surface area contributed by atoms with Crippen LogP contribution in [0.5, 0.6) is 11.5 Å². The molecule has 0 radical (unpaired) electrons. The third-order valence-electron chi connectivity index (χ3n) is 3.16. The summed E-state index contributed by atoms with van der Waals surface area (Å²) in [6.07, 6.45) is 2.14. The summed E-state index contributed by atoms with van der Waals surface area (Å²) in [6.45, 7) is 4.45. The van der Waals surface area contributed by atoms with Crippen LogP contribution in [0.1, 0.15) is 19.8 Å². The van der Waals surface area contributed by atoms with Crippen LogP contribution in [0.3, 0.4) is 0 Å². The Morgan fingerprint density at radius 2 is 1.90 bits per heavy atom. The Balaban J connectivity index is 2.12. The van der Waals surface area contributed by atoms with Crippen molar-refractivity contribution in [2.24, 2.45) is 0 Å². The zero-order chi connectivity index (χ0) is 15.5. The zero-order valence-corrected chi connectivity index (χ0v) is 13.2. The number of hydrogen-bond acceptors (Lipinski definition) is 4. The summed E-state index contributed by atoms with van der Waals surface area (Å²) in [5.74, 6) is 1.72. The number of carbonyl (C=O) groups is 1. The predicted molar refractivity (Wildman–Crippen MR) is 83.9 cm³/mol. The molecule has 0 aliphatic rings. The maximum Gasteiger partial charge on any atom is 0.236 e. The van der Waals surface area contributed by atoms with Gasteiger partial charge < -0.3 is 19.7 Å². The number of likely N-dealkylation sites (N-methyl/N-ethyl adjacent to an activating group) is 1. The van der Waals surface area contributed by atoms with Gasteiger partial charge in [0.2, 0.25) is 5.91 Å². The first-order valence-electron chi connectivity index (χ1n) is 7.39. The van der Waals surface area contributed by atoms with Gasteiger partial charge in [-0.25, -0.2) is 0 Å². The van der Waals surface area contributed by atoms with Crippen molar-refractivity contribution in [2.45, 2.75) is 19.8 Å². The summed E-state index contributed by atoms with van der Waals surface area (Å²) in [4.78, 5) is 13.5. The van der Waals surface area contributed by atoms with Gasteiger partial charge in [-0.05, 0) is 30.7 Å². The number of benzene rings is 1. The molecule has 0 fully saturated rings. The fourth-order valence-electron chi connectivity index (χ4n) is 1.76. The number of nitrogens with zero attached hydrogens (tertiary/aromatic N) is 1. The molecule has 0 unspecified atom stereocenters. The first kappa shape index (κ1) is 17.3. The molecule has 1 N–H and O–H groups in total. The molecule has 0 aromatic heterocycles. The van der Waals surface area contributed by atoms with Crippen LogP contribution in [0.2, 0.25) is 0 Å². The van der Waals surface area contributed by atoms with E-state index in [1.54, 1.807) is 12.0 Å². The lowest BCUT2D eigenvalue weighted by Gasteiger charge is -2.17. The highest BCUT2D eigenvalue weighted by Gasteiger charge is 2.06. The molecule has 1 rings (SSSR count). The summed E-state index contributed by atoms with van der Waals surface area (Å²) >= 11 is 0. The van der Waals surface area contributed by atoms with Crippen LogP contribution in [-0.2, 0) is 4.79 Å². The van der Waals surface area contributed by atoms with Gasteiger partial charge in [0, 0.05) is 20.1 Å². The smallest absolute Gasteiger partial charge is 0.236 e. The van der Waals surface area contributed by atoms with Gasteiger partial charge in [-0.3, -0.25) is 4.79 Å². The topological polar surface area (TPSA) is 50.8 Å². The van der Waals surface area contributed by atoms with Gasteiger partial charge in [-0.2, -0.15) is 0 Å². The summed E-state index contributed by atoms with van der Waals surface area (Å²) in [5, 5.41) is 3.09. The molecule has 5 nitrogen and oxygen atoms in total. The second-order valence-electron chi connectivity index (χ2n) is 4.87. The van der Waals surface area contributed by atoms with Crippen LogP contribution >= 0.6 is 0 Å². The lowest BCUT2D eigenvalue weighted by Crippen LogP contribution is -2.37. The molecule has 0 atom stereocenters. The number of nitrogens with one attached hydrogen (secondary N) is 1. The van der Waals surface area contributed by atoms with Gasteiger partial charge in [0.1, 0.15) is 18.1 Å². The third-order valence-corrected chi connectivity index (χ3v) is 3.16. The first-order valence-corrected chi connectivity index (χ1v) is 7.39. The van der Waals surface area contributed by atoms with Gasteiger partial charge in [0.05, 0.1) is 13.7 Å². The Morgan fingerprint density at radius 1 is 1.24 bits per heavy atom. The van der Waals surface area contributed by atoms with Crippen molar-refractivity contribution in [2.75, 3.05) is 40.4 Å². The van der Waals surface area contributed by atoms with Crippen molar-refractivity contribution in [3.63, 3.8) is 0 Å². The minimum Gasteiger partial charge on any atom is -0.497 e. The van der Waals surface area contributed by atoms with Crippen molar-refractivity contribution in [3.8, 4) is 11.5 Å². The normalized spacial score (nSPS) is 10.2. The first-order chi connectivity index (χ1) is 10.2. The van der Waals surface area contributed by atoms with Crippen molar-refractivity contribution in [1.29, 1.82) is 0 Å². The highest BCUT2D eigenvalue weighted by atomic mass is 16.5. The second-order valence-corrected chi connectivity index (χ2v) is 4.87. The fraction of sp³-hybridized carbons (Fsp3) is 0.562. The summed E-state index contributed by atoms with van der Waals surface area (Å²) in [6, 6.07) is 7.44. The van der Waals surface area contributed by atoms with Crippen LogP contribution in [-0.4, -0.2) is 51.2 Å². The number of hydrogen-bond donors (Lipinski definition) is 1. The molecule has 0 bridgehead atoms. The van der Waals surface area contributed by atoms with E-state index in [1.165, 1.54) is 0 Å². The van der Waals surface area contributed by atoms with Crippen LogP contribution in [0, 0.1) is 0 Å². The van der Waals surface area contributed by atoms with Gasteiger partial charge in [0.15, 0.2) is 0 Å². The molecular formula is C16H26N2O3. The molecule has 1 aromatic rings. The molecule has 1 amide bonds. The van der Waals surface area contributed by atoms with Crippen LogP contribution in [0.15, 0.2) is 24.3 Å². The van der Waals surface area contributed by atoms with Crippen molar-refractivity contribution < 1.29 is 14.3 Å². The van der Waals surface area contributed by atoms with Gasteiger partial charge >= 0.3 is 0 Å². The Labute approximate surface area is 127 Å². The van der Waals surface area contributed by atoms with Gasteiger partial charge in [0.25, 0.3) is 0 Å². The standard InChI is InChI=1S/C16H26N2O3/c1-4-5-11-18(2)16(19)13-17-10-12-21-15-8-6-14(20-3)7-9-15/h6-9,17H,4-5,10-13H2,1-3H3. The number of methoxy groups -OCH3 is 1. The van der Waals surface area contributed by atoms with E-state index >= 15 is 0 Å². The summed E-state index contributed by atoms with van der Waals surface area (Å²) in [7, 11) is 3.47. The highest BCUT2D eigenvalue weighted by molar-refractivity contribution is 5.77. The molecule has 1 aromatic carbocycles. The maximum absolute atomic E-state index is 11.8. The van der Waals surface area contributed by atoms with Crippen LogP contribution in [0.25, 0.3) is 0 Å². The van der Waals surface area contributed by atoms with Crippen molar-refractivity contribution in [3.05, 3.63) is 24.3 Å². The zero-order valence-electron chi connectivity index (χ0n) is 13.2. The van der Waals surface area contributed by atoms with E-state index in [9.17, 15) is 4.79 Å². The van der Waals surface area contributed by atoms with Gasteiger partial charge in [-0.15, -0.1) is 0 Å². The molecular weight excluding hydrogens is 268 g/mol. The molecule has 0 aliphatic carbocycles. The molecule has 118 valence electrons. The Morgan fingerprint density at radius 3 is 2.52 bits per heavy atom. The Kier molecular flexibility index (Phi) is 8.28. The monoisotopic (exact) mass is 294 g/mol. The number of rotatable bonds is 10. The molecule has 0 spiro atoms. The average Bonchev–Trinajstić information content (AvgIpc) is 2.52. The van der Waals surface area contributed by atoms with Gasteiger partial charge in [-0.1, -0.05) is 13.3 Å². The van der Waals surface area contributed by atoms with Crippen LogP contribution < -0.4 is 14.8 Å². The average molecular weight is 294 g/mol. The highest BCUT2D eigenvalue weighted by Crippen LogP contribution is 2.16. The van der Waals surface area contributed by atoms with Crippen LogP contribution in [0.4, 0.5) is 0 Å². The second kappa shape index (κ2) is 10.0. The number of unbranched alkanes of at least 4 members (excludes halogenated alkanes) is 1. The Hall–Kier alpha value is -1.75.